The smallest absolute Gasteiger partial charge is 0.295 e. The molecular formula is C79H137N5O31. The third-order valence-electron chi connectivity index (χ3n) is 20.8. The molecule has 4 amide bonds. The summed E-state index contributed by atoms with van der Waals surface area (Å²) in [6, 6.07) is -1.09. The summed E-state index contributed by atoms with van der Waals surface area (Å²) in [5, 5.41) is 117. The molecule has 4 heterocycles. The molecule has 4 saturated heterocycles. The number of hydrogen-bond acceptors (Lipinski definition) is 32. The average molecular weight is 1650 g/mol. The van der Waals surface area contributed by atoms with E-state index in [1.165, 1.54) is 13.8 Å². The second-order valence-corrected chi connectivity index (χ2v) is 32.4. The number of carbonyl (C=O) groups excluding carboxylic acids is 9. The number of amides is 4. The van der Waals surface area contributed by atoms with Gasteiger partial charge >= 0.3 is 0 Å². The average Bonchev–Trinajstić information content (AvgIpc) is 0.800. The predicted octanol–water partition coefficient (Wildman–Crippen LogP) is 1.000. The molecule has 4 fully saturated rings. The van der Waals surface area contributed by atoms with Crippen molar-refractivity contribution in [1.29, 1.82) is 0 Å². The Morgan fingerprint density at radius 3 is 1.38 bits per heavy atom. The highest BCUT2D eigenvalue weighted by molar-refractivity contribution is 5.81. The van der Waals surface area contributed by atoms with Gasteiger partial charge in [-0.15, -0.1) is 0 Å². The van der Waals surface area contributed by atoms with Crippen LogP contribution in [0.15, 0.2) is 5.16 Å². The van der Waals surface area contributed by atoms with E-state index < -0.39 is 170 Å². The minimum absolute atomic E-state index is 0.0349. The van der Waals surface area contributed by atoms with Crippen molar-refractivity contribution in [3.8, 4) is 0 Å². The van der Waals surface area contributed by atoms with Gasteiger partial charge in [-0.3, -0.25) is 43.2 Å². The highest BCUT2D eigenvalue weighted by Crippen LogP contribution is 2.40. The molecule has 0 aromatic rings. The summed E-state index contributed by atoms with van der Waals surface area (Å²) >= 11 is 0. The van der Waals surface area contributed by atoms with Crippen LogP contribution in [0.3, 0.4) is 0 Å². The zero-order valence-corrected chi connectivity index (χ0v) is 68.7. The van der Waals surface area contributed by atoms with E-state index >= 15 is 0 Å². The summed E-state index contributed by atoms with van der Waals surface area (Å²) in [5.74, 6) is -5.38. The van der Waals surface area contributed by atoms with Crippen molar-refractivity contribution < 1.29 is 151 Å². The van der Waals surface area contributed by atoms with Gasteiger partial charge in [-0.1, -0.05) is 59.5 Å². The molecule has 14 N–H and O–H groups in total. The van der Waals surface area contributed by atoms with E-state index in [0.717, 1.165) is 6.21 Å². The lowest BCUT2D eigenvalue weighted by molar-refractivity contribution is -0.311. The molecule has 0 spiro atoms. The van der Waals surface area contributed by atoms with Crippen molar-refractivity contribution in [2.45, 2.75) is 319 Å². The standard InChI is InChI=1S/C79H137N5O31/c1-51-68(98)70(100)61(42-85)112-73(51)107-34-18-15-26-55(90)22-11-9-13-24-57(92)29-37-104-47-78(84-66(97)45-111-82-41-60-67(83-54(4)89)59(94)40-79(115-60,110-50-88)46-76(5,6)7,48-105-38-30-58(93)25-14-10-12-23-56(91)27-16-19-35-108-74-52(2)69(99)71(101)62(43-86)113-74)49-106-39-31-65(96)81-33-21-32-80-64(95)28-17-20-36-109-75-53(3)72(102)77(8,103)63(44-87)114-75/h41,50-53,59-63,67-75,85-87,94,98-103H,9-40,42-49H2,1-8H3,(H,80,95)(H,81,96)(H,83,89)(H,84,97)/t51-,52-,53-,59?,60?,61?,62?,63?,67+,68?,69?,70-,71-,72?,73+,74+,75+,77-,78?,79+/m1/s1. The molecule has 0 aromatic carbocycles. The Hall–Kier alpha value is -5.30. The van der Waals surface area contributed by atoms with Gasteiger partial charge in [0.15, 0.2) is 25.5 Å². The fourth-order valence-electron chi connectivity index (χ4n) is 14.0. The van der Waals surface area contributed by atoms with Gasteiger partial charge in [0.25, 0.3) is 12.4 Å². The molecule has 664 valence electrons. The van der Waals surface area contributed by atoms with Crippen LogP contribution in [0, 0.1) is 23.2 Å². The lowest BCUT2D eigenvalue weighted by atomic mass is 9.82. The number of aliphatic hydroxyl groups excluding tert-OH is 9. The zero-order chi connectivity index (χ0) is 85.2. The summed E-state index contributed by atoms with van der Waals surface area (Å²) in [4.78, 5) is 122. The minimum atomic E-state index is -1.66. The number of ketones is 4. The van der Waals surface area contributed by atoms with Crippen LogP contribution in [0.4, 0.5) is 0 Å². The van der Waals surface area contributed by atoms with E-state index in [1.807, 2.05) is 20.8 Å². The molecule has 8 unspecified atom stereocenters. The molecule has 36 heteroatoms. The Morgan fingerprint density at radius 1 is 0.522 bits per heavy atom. The Balaban J connectivity index is 1.37. The number of ether oxygens (including phenoxy) is 11. The second kappa shape index (κ2) is 54.1. The van der Waals surface area contributed by atoms with Gasteiger partial charge in [0.05, 0.1) is 96.1 Å². The normalized spacial score (nSPS) is 28.9. The van der Waals surface area contributed by atoms with Crippen molar-refractivity contribution in [2.75, 3.05) is 99.0 Å². The lowest BCUT2D eigenvalue weighted by Gasteiger charge is -2.46. The summed E-state index contributed by atoms with van der Waals surface area (Å²) in [5.41, 5.74) is -3.74. The number of nitrogens with one attached hydrogen (secondary N) is 4. The maximum atomic E-state index is 14.1. The molecule has 0 aromatic heterocycles. The minimum Gasteiger partial charge on any atom is -0.435 e. The first-order valence-corrected chi connectivity index (χ1v) is 41.0. The third kappa shape index (κ3) is 37.9. The maximum Gasteiger partial charge on any atom is 0.295 e. The molecule has 0 bridgehead atoms. The summed E-state index contributed by atoms with van der Waals surface area (Å²) in [7, 11) is 0. The van der Waals surface area contributed by atoms with Gasteiger partial charge in [-0.2, -0.15) is 0 Å². The highest BCUT2D eigenvalue weighted by Gasteiger charge is 2.52. The molecule has 115 heavy (non-hydrogen) atoms. The van der Waals surface area contributed by atoms with E-state index in [0.29, 0.717) is 109 Å². The second-order valence-electron chi connectivity index (χ2n) is 32.4. The van der Waals surface area contributed by atoms with Crippen LogP contribution < -0.4 is 21.3 Å². The number of aliphatic hydroxyl groups is 10. The number of Topliss-reactive ketones (excluding diaryl/α,β-unsaturated/α-hetero) is 4. The Labute approximate surface area is 675 Å². The summed E-state index contributed by atoms with van der Waals surface area (Å²) < 4.78 is 64.2. The van der Waals surface area contributed by atoms with Crippen LogP contribution in [0.5, 0.6) is 0 Å². The first-order chi connectivity index (χ1) is 54.6. The lowest BCUT2D eigenvalue weighted by Crippen LogP contribution is -2.62. The number of oxime groups is 1. The number of hydrogen-bond donors (Lipinski definition) is 14. The monoisotopic (exact) mass is 1650 g/mol. The molecule has 0 radical (unpaired) electrons. The van der Waals surface area contributed by atoms with Gasteiger partial charge in [0.1, 0.15) is 70.9 Å². The number of nitrogens with zero attached hydrogens (tertiary/aromatic N) is 1. The van der Waals surface area contributed by atoms with E-state index in [-0.39, 0.29) is 159 Å². The first kappa shape index (κ1) is 102. The van der Waals surface area contributed by atoms with Crippen molar-refractivity contribution >= 4 is 59.4 Å². The van der Waals surface area contributed by atoms with Crippen LogP contribution >= 0.6 is 0 Å². The van der Waals surface area contributed by atoms with Crippen molar-refractivity contribution in [1.82, 2.24) is 21.3 Å². The van der Waals surface area contributed by atoms with Crippen molar-refractivity contribution in [3.05, 3.63) is 0 Å². The van der Waals surface area contributed by atoms with Crippen LogP contribution in [0.2, 0.25) is 0 Å². The predicted molar refractivity (Wildman–Crippen MR) is 410 cm³/mol. The van der Waals surface area contributed by atoms with Crippen molar-refractivity contribution in [2.24, 2.45) is 28.3 Å². The Bertz CT molecular complexity index is 2790. The first-order valence-electron chi connectivity index (χ1n) is 41.0. The Kier molecular flexibility index (Phi) is 48.0. The van der Waals surface area contributed by atoms with E-state index in [1.54, 1.807) is 20.8 Å². The topological polar surface area (TPSA) is 527 Å². The van der Waals surface area contributed by atoms with Gasteiger partial charge < -0.3 is 129 Å². The maximum absolute atomic E-state index is 14.1. The number of rotatable bonds is 61. The van der Waals surface area contributed by atoms with Gasteiger partial charge in [-0.05, 0) is 83.0 Å². The SMILES string of the molecule is CC(=O)N[C@H]1C(O)C[C@](CC(C)(C)C)(OC=O)OC1C=NOCC(=O)NC(COCCC(=O)CCCCCC(=O)CCCCO[C@H]1OC(CO)[C@@H](O)C(O)[C@H]1C)(COCCC(=O)CCCCCC(=O)CCCCO[C@H]1OC(CO)[C@@H](O)C(O)[C@H]1C)COCCC(=O)NCCCNC(=O)CCCCO[C@H]1OC(CO)[C@@](C)(O)C(O)[C@H]1C. The molecule has 4 aliphatic heterocycles. The van der Waals surface area contributed by atoms with Crippen LogP contribution in [-0.2, 0) is 100 Å². The van der Waals surface area contributed by atoms with Gasteiger partial charge in [0, 0.05) is 135 Å². The van der Waals surface area contributed by atoms with Crippen molar-refractivity contribution in [3.63, 3.8) is 0 Å². The molecule has 36 nitrogen and oxygen atoms in total. The molecule has 0 saturated carbocycles. The van der Waals surface area contributed by atoms with Crippen LogP contribution in [0.1, 0.15) is 216 Å². The summed E-state index contributed by atoms with van der Waals surface area (Å²) in [6.07, 6.45) is -4.46. The van der Waals surface area contributed by atoms with E-state index in [9.17, 15) is 94.2 Å². The Morgan fingerprint density at radius 2 is 0.948 bits per heavy atom. The molecule has 19 atom stereocenters. The van der Waals surface area contributed by atoms with Gasteiger partial charge in [0.2, 0.25) is 23.5 Å². The molecule has 0 aliphatic carbocycles. The van der Waals surface area contributed by atoms with Crippen LogP contribution in [0.25, 0.3) is 0 Å². The zero-order valence-electron chi connectivity index (χ0n) is 68.7. The number of unbranched alkanes of at least 4 members (excludes halogenated alkanes) is 7. The fraction of sp³-hybridized carbons (Fsp3) is 0.873. The van der Waals surface area contributed by atoms with E-state index in [2.05, 4.69) is 26.4 Å². The summed E-state index contributed by atoms with van der Waals surface area (Å²) in [6.45, 7) is 10.9. The highest BCUT2D eigenvalue weighted by atomic mass is 16.7. The molecule has 4 aliphatic rings. The largest absolute Gasteiger partial charge is 0.435 e. The third-order valence-corrected chi connectivity index (χ3v) is 20.8. The molecular weight excluding hydrogens is 1510 g/mol. The van der Waals surface area contributed by atoms with E-state index in [4.69, 9.17) is 56.9 Å². The quantitative estimate of drug-likeness (QED) is 0.0175. The van der Waals surface area contributed by atoms with Crippen LogP contribution in [-0.4, -0.2) is 312 Å². The number of carbonyl (C=O) groups is 9. The van der Waals surface area contributed by atoms with Gasteiger partial charge in [-0.25, -0.2) is 0 Å². The molecule has 4 rings (SSSR count). The fourth-order valence-corrected chi connectivity index (χ4v) is 14.0.